The van der Waals surface area contributed by atoms with Crippen molar-refractivity contribution in [2.45, 2.75) is 99.5 Å². The van der Waals surface area contributed by atoms with Crippen LogP contribution < -0.4 is 9.64 Å². The van der Waals surface area contributed by atoms with Gasteiger partial charge in [0.15, 0.2) is 6.10 Å². The van der Waals surface area contributed by atoms with Crippen LogP contribution in [0, 0.1) is 17.2 Å². The standard InChI is InChI=1S/C52H61FN4O9/c1-8-48(61)26-31-27-51(46(59)64-6,42-35(16-20-56(28-31)29-48)36-23-33(14-15-39(36)54-42)32-12-10-13-34(53)22-32)38-24-37-40(25-41(38)63-5)55(4)44-50(37)18-21-57-19-11-17-49(9-2,43(50)57)45(66-30(3)58)52(44,62)47(60)65-7/h10-15,17,22-25,31,43-45,54,61-62H,8-9,16,18-21,26-29H2,1-7H3/t31-,43+,44-,45-,48+,49-,50-,51+,52+/m1/s1. The molecule has 10 atom stereocenters. The molecule has 1 spiro atoms. The smallest absolute Gasteiger partial charge is 0.344 e. The highest BCUT2D eigenvalue weighted by Gasteiger charge is 2.80. The van der Waals surface area contributed by atoms with Gasteiger partial charge in [0.1, 0.15) is 17.0 Å². The second-order valence-electron chi connectivity index (χ2n) is 19.9. The maximum Gasteiger partial charge on any atom is 0.344 e. The van der Waals surface area contributed by atoms with Crippen molar-refractivity contribution >= 4 is 34.5 Å². The number of likely N-dealkylation sites (N-methyl/N-ethyl adjacent to an activating group) is 1. The number of aromatic amines is 1. The predicted molar refractivity (Wildman–Crippen MR) is 246 cm³/mol. The lowest BCUT2D eigenvalue weighted by molar-refractivity contribution is -0.228. The first-order valence-corrected chi connectivity index (χ1v) is 23.4. The maximum atomic E-state index is 15.6. The largest absolute Gasteiger partial charge is 0.496 e. The molecule has 1 aliphatic carbocycles. The number of ether oxygens (including phenoxy) is 4. The van der Waals surface area contributed by atoms with Crippen LogP contribution in [0.5, 0.6) is 5.75 Å². The highest BCUT2D eigenvalue weighted by molar-refractivity contribution is 5.96. The van der Waals surface area contributed by atoms with Crippen LogP contribution in [-0.2, 0) is 45.8 Å². The number of H-pyrrole nitrogens is 1. The molecule has 5 aliphatic heterocycles. The van der Waals surface area contributed by atoms with E-state index in [0.29, 0.717) is 87.5 Å². The summed E-state index contributed by atoms with van der Waals surface area (Å²) in [5.41, 5.74) is -0.840. The normalized spacial score (nSPS) is 34.3. The molecule has 3 N–H and O–H groups in total. The van der Waals surface area contributed by atoms with Crippen molar-refractivity contribution in [2.24, 2.45) is 11.3 Å². The van der Waals surface area contributed by atoms with Gasteiger partial charge in [-0.25, -0.2) is 9.18 Å². The topological polar surface area (TPSA) is 154 Å². The predicted octanol–water partition coefficient (Wildman–Crippen LogP) is 5.80. The summed E-state index contributed by atoms with van der Waals surface area (Å²) in [4.78, 5) is 53.6. The van der Waals surface area contributed by atoms with Crippen LogP contribution in [0.4, 0.5) is 10.1 Å². The van der Waals surface area contributed by atoms with Crippen molar-refractivity contribution in [3.63, 3.8) is 0 Å². The van der Waals surface area contributed by atoms with E-state index < -0.39 is 57.5 Å². The van der Waals surface area contributed by atoms with Crippen molar-refractivity contribution in [3.05, 3.63) is 95.0 Å². The number of anilines is 1. The molecule has 14 heteroatoms. The Labute approximate surface area is 384 Å². The fourth-order valence-corrected chi connectivity index (χ4v) is 14.4. The lowest BCUT2D eigenvalue weighted by Crippen LogP contribution is -2.81. The van der Waals surface area contributed by atoms with Gasteiger partial charge in [0.2, 0.25) is 5.60 Å². The molecule has 1 saturated carbocycles. The van der Waals surface area contributed by atoms with Crippen LogP contribution in [0.3, 0.4) is 0 Å². The van der Waals surface area contributed by atoms with Gasteiger partial charge >= 0.3 is 17.9 Å². The number of fused-ring (bicyclic) bond motifs is 6. The molecule has 66 heavy (non-hydrogen) atoms. The molecule has 3 fully saturated rings. The van der Waals surface area contributed by atoms with Crippen LogP contribution >= 0.6 is 0 Å². The number of piperidine rings is 1. The SMILES string of the molecule is CC[C@]1(O)C[C@H]2CN(CCc3c([nH]c4ccc(-c5cccc(F)c5)cc34)[C@@](C(=O)OC)(c3cc4c(cc3OC)N(C)[C@H]3[C@@](O)(C(=O)OC)[C@H](OC(C)=O)[C@]5(CC)C=CCN6CC[C@]43[C@@H]65)C2)C1. The number of carbonyl (C=O) groups excluding carboxylic acids is 3. The Hall–Kier alpha value is -5.28. The summed E-state index contributed by atoms with van der Waals surface area (Å²) in [7, 11) is 6.07. The number of nitrogens with zero attached hydrogens (tertiary/aromatic N) is 3. The van der Waals surface area contributed by atoms with Crippen molar-refractivity contribution in [1.29, 1.82) is 0 Å². The number of aromatic nitrogens is 1. The second kappa shape index (κ2) is 15.6. The minimum absolute atomic E-state index is 0.170. The average Bonchev–Trinajstić information content (AvgIpc) is 3.97. The van der Waals surface area contributed by atoms with Gasteiger partial charge in [-0.15, -0.1) is 0 Å². The molecule has 0 amide bonds. The first-order valence-electron chi connectivity index (χ1n) is 23.4. The van der Waals surface area contributed by atoms with Crippen LogP contribution in [0.15, 0.2) is 66.7 Å². The number of hydrogen-bond donors (Lipinski definition) is 3. The van der Waals surface area contributed by atoms with E-state index in [0.717, 1.165) is 33.2 Å². The zero-order valence-corrected chi connectivity index (χ0v) is 38.9. The summed E-state index contributed by atoms with van der Waals surface area (Å²) in [5.74, 6) is -2.13. The number of carbonyl (C=O) groups is 3. The van der Waals surface area contributed by atoms with Crippen LogP contribution in [-0.4, -0.2) is 133 Å². The zero-order chi connectivity index (χ0) is 46.7. The maximum absolute atomic E-state index is 15.6. The van der Waals surface area contributed by atoms with Gasteiger partial charge in [-0.05, 0) is 104 Å². The van der Waals surface area contributed by atoms with Crippen LogP contribution in [0.25, 0.3) is 22.0 Å². The monoisotopic (exact) mass is 904 g/mol. The van der Waals surface area contributed by atoms with E-state index in [2.05, 4.69) is 26.9 Å². The summed E-state index contributed by atoms with van der Waals surface area (Å²) in [5, 5.41) is 26.4. The van der Waals surface area contributed by atoms with Gasteiger partial charge in [0.05, 0.1) is 33.0 Å². The molecule has 2 saturated heterocycles. The summed E-state index contributed by atoms with van der Waals surface area (Å²) in [6.45, 7) is 8.30. The summed E-state index contributed by atoms with van der Waals surface area (Å²) in [6.07, 6.45) is 5.53. The quantitative estimate of drug-likeness (QED) is 0.111. The third-order valence-electron chi connectivity index (χ3n) is 16.8. The first kappa shape index (κ1) is 44.6. The Bertz CT molecular complexity index is 2690. The van der Waals surface area contributed by atoms with Gasteiger partial charge in [0.25, 0.3) is 0 Å². The van der Waals surface area contributed by atoms with E-state index >= 15 is 4.79 Å². The van der Waals surface area contributed by atoms with Gasteiger partial charge in [-0.3, -0.25) is 19.4 Å². The molecule has 4 aromatic rings. The Kier molecular flexibility index (Phi) is 10.6. The number of methoxy groups -OCH3 is 3. The van der Waals surface area contributed by atoms with Crippen molar-refractivity contribution < 1.29 is 47.9 Å². The zero-order valence-electron chi connectivity index (χ0n) is 38.9. The fraction of sp³-hybridized carbons (Fsp3) is 0.519. The minimum atomic E-state index is -2.34. The number of benzene rings is 3. The number of halogens is 1. The second-order valence-corrected chi connectivity index (χ2v) is 19.9. The third-order valence-corrected chi connectivity index (χ3v) is 16.8. The number of esters is 3. The Morgan fingerprint density at radius 1 is 0.909 bits per heavy atom. The molecule has 6 heterocycles. The number of aliphatic hydroxyl groups is 2. The molecule has 6 aliphatic rings. The molecule has 1 unspecified atom stereocenters. The first-order chi connectivity index (χ1) is 31.6. The Balaban J connectivity index is 1.28. The van der Waals surface area contributed by atoms with Gasteiger partial charge in [-0.1, -0.05) is 44.2 Å². The molecule has 13 nitrogen and oxygen atoms in total. The molecule has 0 radical (unpaired) electrons. The molecule has 1 aromatic heterocycles. The average molecular weight is 905 g/mol. The molecule has 2 bridgehead atoms. The summed E-state index contributed by atoms with van der Waals surface area (Å²) < 4.78 is 38.8. The van der Waals surface area contributed by atoms with E-state index in [1.54, 1.807) is 13.2 Å². The Morgan fingerprint density at radius 2 is 1.68 bits per heavy atom. The minimum Gasteiger partial charge on any atom is -0.496 e. The van der Waals surface area contributed by atoms with E-state index in [4.69, 9.17) is 18.9 Å². The highest BCUT2D eigenvalue weighted by atomic mass is 19.1. The van der Waals surface area contributed by atoms with Gasteiger partial charge < -0.3 is 39.0 Å². The summed E-state index contributed by atoms with van der Waals surface area (Å²) in [6, 6.07) is 15.2. The van der Waals surface area contributed by atoms with E-state index in [9.17, 15) is 24.2 Å². The number of nitrogens with one attached hydrogen (secondary N) is 1. The fourth-order valence-electron chi connectivity index (χ4n) is 14.4. The molecule has 10 rings (SSSR count). The van der Waals surface area contributed by atoms with Crippen LogP contribution in [0.1, 0.15) is 75.3 Å². The van der Waals surface area contributed by atoms with Gasteiger partial charge in [0, 0.05) is 90.9 Å². The van der Waals surface area contributed by atoms with E-state index in [-0.39, 0.29) is 24.2 Å². The third kappa shape index (κ3) is 5.99. The van der Waals surface area contributed by atoms with Crippen molar-refractivity contribution in [3.8, 4) is 16.9 Å². The van der Waals surface area contributed by atoms with E-state index in [1.165, 1.54) is 33.3 Å². The molecular formula is C52H61FN4O9. The lowest BCUT2D eigenvalue weighted by atomic mass is 9.47. The Morgan fingerprint density at radius 3 is 2.38 bits per heavy atom. The highest BCUT2D eigenvalue weighted by Crippen LogP contribution is 2.68. The van der Waals surface area contributed by atoms with Gasteiger partial charge in [-0.2, -0.15) is 0 Å². The number of rotatable bonds is 8. The molecule has 3 aromatic carbocycles. The number of hydrogen-bond acceptors (Lipinski definition) is 12. The van der Waals surface area contributed by atoms with Crippen molar-refractivity contribution in [1.82, 2.24) is 14.8 Å². The summed E-state index contributed by atoms with van der Waals surface area (Å²) >= 11 is 0. The molecule has 350 valence electrons. The molecular weight excluding hydrogens is 844 g/mol. The van der Waals surface area contributed by atoms with Crippen LogP contribution in [0.2, 0.25) is 0 Å². The van der Waals surface area contributed by atoms with Crippen molar-refractivity contribution in [2.75, 3.05) is 66.0 Å². The lowest BCUT2D eigenvalue weighted by Gasteiger charge is -2.63. The van der Waals surface area contributed by atoms with E-state index in [1.807, 2.05) is 62.2 Å².